The van der Waals surface area contributed by atoms with E-state index in [2.05, 4.69) is 17.1 Å². The molecule has 1 aromatic carbocycles. The molecule has 4 nitrogen and oxygen atoms in total. The van der Waals surface area contributed by atoms with Gasteiger partial charge in [-0.15, -0.1) is 0 Å². The topological polar surface area (TPSA) is 35.6 Å². The molecule has 0 saturated carbocycles. The largest absolute Gasteiger partial charge is 0.325 e. The zero-order valence-corrected chi connectivity index (χ0v) is 14.8. The lowest BCUT2D eigenvalue weighted by Gasteiger charge is -2.37. The van der Waals surface area contributed by atoms with Crippen LogP contribution < -0.4 is 5.32 Å². The van der Waals surface area contributed by atoms with E-state index in [9.17, 15) is 13.6 Å². The van der Waals surface area contributed by atoms with E-state index < -0.39 is 11.6 Å². The van der Waals surface area contributed by atoms with Gasteiger partial charge in [-0.25, -0.2) is 13.6 Å². The molecule has 0 bridgehead atoms. The van der Waals surface area contributed by atoms with E-state index >= 15 is 0 Å². The first-order valence-electron chi connectivity index (χ1n) is 9.24. The summed E-state index contributed by atoms with van der Waals surface area (Å²) in [6.07, 6.45) is 4.48. The van der Waals surface area contributed by atoms with Crippen molar-refractivity contribution in [3.05, 3.63) is 29.8 Å². The standard InChI is InChI=1S/C19H27F2N3O/c1-14-4-8-23(9-5-14)13-15-6-10-24(11-7-15)19(25)22-18-12-16(20)2-3-17(18)21/h2-3,12,14-15H,4-11,13H2,1H3,(H,22,25). The number of nitrogens with one attached hydrogen (secondary N) is 1. The number of piperidine rings is 2. The van der Waals surface area contributed by atoms with Crippen LogP contribution in [0.5, 0.6) is 0 Å². The van der Waals surface area contributed by atoms with Gasteiger partial charge in [0.2, 0.25) is 0 Å². The van der Waals surface area contributed by atoms with Gasteiger partial charge in [-0.2, -0.15) is 0 Å². The van der Waals surface area contributed by atoms with E-state index in [0.717, 1.165) is 43.5 Å². The SMILES string of the molecule is CC1CCN(CC2CCN(C(=O)Nc3cc(F)ccc3F)CC2)CC1. The average Bonchev–Trinajstić information content (AvgIpc) is 2.61. The van der Waals surface area contributed by atoms with Crippen molar-refractivity contribution in [2.75, 3.05) is 38.0 Å². The van der Waals surface area contributed by atoms with Gasteiger partial charge in [-0.05, 0) is 62.7 Å². The number of amides is 2. The Bertz CT molecular complexity index is 594. The maximum atomic E-state index is 13.6. The summed E-state index contributed by atoms with van der Waals surface area (Å²) in [5.41, 5.74) is -0.102. The molecule has 2 heterocycles. The van der Waals surface area contributed by atoms with Crippen LogP contribution in [0.3, 0.4) is 0 Å². The fourth-order valence-electron chi connectivity index (χ4n) is 3.72. The van der Waals surface area contributed by atoms with Gasteiger partial charge in [0, 0.05) is 25.7 Å². The van der Waals surface area contributed by atoms with Crippen LogP contribution in [0, 0.1) is 23.5 Å². The Morgan fingerprint density at radius 2 is 1.80 bits per heavy atom. The van der Waals surface area contributed by atoms with Gasteiger partial charge in [0.25, 0.3) is 0 Å². The number of hydrogen-bond acceptors (Lipinski definition) is 2. The molecule has 0 spiro atoms. The van der Waals surface area contributed by atoms with Gasteiger partial charge in [-0.3, -0.25) is 0 Å². The van der Waals surface area contributed by atoms with Gasteiger partial charge >= 0.3 is 6.03 Å². The first kappa shape index (κ1) is 18.1. The van der Waals surface area contributed by atoms with E-state index in [4.69, 9.17) is 0 Å². The number of carbonyl (C=O) groups excluding carboxylic acids is 1. The Hall–Kier alpha value is -1.69. The fraction of sp³-hybridized carbons (Fsp3) is 0.632. The van der Waals surface area contributed by atoms with Crippen molar-refractivity contribution in [2.45, 2.75) is 32.6 Å². The molecule has 6 heteroatoms. The van der Waals surface area contributed by atoms with Gasteiger partial charge in [0.05, 0.1) is 5.69 Å². The molecule has 1 aromatic rings. The normalized spacial score (nSPS) is 20.7. The molecule has 0 unspecified atom stereocenters. The second-order valence-corrected chi connectivity index (χ2v) is 7.47. The van der Waals surface area contributed by atoms with Crippen molar-refractivity contribution in [1.82, 2.24) is 9.80 Å². The van der Waals surface area contributed by atoms with Crippen molar-refractivity contribution in [2.24, 2.45) is 11.8 Å². The molecule has 0 atom stereocenters. The van der Waals surface area contributed by atoms with E-state index in [1.54, 1.807) is 4.90 Å². The van der Waals surface area contributed by atoms with Crippen molar-refractivity contribution in [3.8, 4) is 0 Å². The number of halogens is 2. The predicted octanol–water partition coefficient (Wildman–Crippen LogP) is 3.94. The first-order valence-corrected chi connectivity index (χ1v) is 9.24. The van der Waals surface area contributed by atoms with E-state index in [0.29, 0.717) is 19.0 Å². The van der Waals surface area contributed by atoms with Crippen LogP contribution in [0.1, 0.15) is 32.6 Å². The van der Waals surface area contributed by atoms with E-state index in [1.807, 2.05) is 0 Å². The van der Waals surface area contributed by atoms with Crippen LogP contribution in [-0.2, 0) is 0 Å². The molecule has 3 rings (SSSR count). The second kappa shape index (κ2) is 8.13. The summed E-state index contributed by atoms with van der Waals surface area (Å²) >= 11 is 0. The molecule has 0 aromatic heterocycles. The van der Waals surface area contributed by atoms with Crippen molar-refractivity contribution in [1.29, 1.82) is 0 Å². The Kier molecular flexibility index (Phi) is 5.89. The van der Waals surface area contributed by atoms with E-state index in [-0.39, 0.29) is 11.7 Å². The Morgan fingerprint density at radius 3 is 2.48 bits per heavy atom. The van der Waals surface area contributed by atoms with Gasteiger partial charge in [0.15, 0.2) is 0 Å². The highest BCUT2D eigenvalue weighted by atomic mass is 19.1. The smallest absolute Gasteiger partial charge is 0.321 e. The van der Waals surface area contributed by atoms with Crippen molar-refractivity contribution >= 4 is 11.7 Å². The van der Waals surface area contributed by atoms with Gasteiger partial charge < -0.3 is 15.1 Å². The third-order valence-electron chi connectivity index (χ3n) is 5.46. The molecule has 2 amide bonds. The zero-order valence-electron chi connectivity index (χ0n) is 14.8. The molecular formula is C19H27F2N3O. The molecule has 0 radical (unpaired) electrons. The Morgan fingerprint density at radius 1 is 1.12 bits per heavy atom. The molecule has 1 N–H and O–H groups in total. The summed E-state index contributed by atoms with van der Waals surface area (Å²) < 4.78 is 26.8. The summed E-state index contributed by atoms with van der Waals surface area (Å²) in [6, 6.07) is 2.72. The highest BCUT2D eigenvalue weighted by Crippen LogP contribution is 2.23. The number of benzene rings is 1. The number of likely N-dealkylation sites (tertiary alicyclic amines) is 2. The summed E-state index contributed by atoms with van der Waals surface area (Å²) in [6.45, 7) is 7.12. The van der Waals surface area contributed by atoms with Crippen LogP contribution in [0.15, 0.2) is 18.2 Å². The summed E-state index contributed by atoms with van der Waals surface area (Å²) in [5, 5.41) is 2.48. The van der Waals surface area contributed by atoms with Crippen LogP contribution in [0.2, 0.25) is 0 Å². The lowest BCUT2D eigenvalue weighted by molar-refractivity contribution is 0.130. The number of anilines is 1. The highest BCUT2D eigenvalue weighted by molar-refractivity contribution is 5.89. The number of urea groups is 1. The van der Waals surface area contributed by atoms with Crippen LogP contribution in [-0.4, -0.2) is 48.6 Å². The highest BCUT2D eigenvalue weighted by Gasteiger charge is 2.26. The molecule has 138 valence electrons. The van der Waals surface area contributed by atoms with Crippen molar-refractivity contribution in [3.63, 3.8) is 0 Å². The lowest BCUT2D eigenvalue weighted by atomic mass is 9.93. The van der Waals surface area contributed by atoms with Crippen LogP contribution >= 0.6 is 0 Å². The maximum Gasteiger partial charge on any atom is 0.321 e. The minimum atomic E-state index is -0.621. The van der Waals surface area contributed by atoms with Gasteiger partial charge in [0.1, 0.15) is 11.6 Å². The zero-order chi connectivity index (χ0) is 17.8. The number of nitrogens with zero attached hydrogens (tertiary/aromatic N) is 2. The van der Waals surface area contributed by atoms with E-state index in [1.165, 1.54) is 25.9 Å². The number of hydrogen-bond donors (Lipinski definition) is 1. The molecule has 0 aliphatic carbocycles. The quantitative estimate of drug-likeness (QED) is 0.895. The Labute approximate surface area is 148 Å². The molecular weight excluding hydrogens is 324 g/mol. The summed E-state index contributed by atoms with van der Waals surface area (Å²) in [4.78, 5) is 16.5. The average molecular weight is 351 g/mol. The Balaban J connectivity index is 1.45. The van der Waals surface area contributed by atoms with Crippen LogP contribution in [0.4, 0.5) is 19.3 Å². The lowest BCUT2D eigenvalue weighted by Crippen LogP contribution is -2.44. The molecule has 2 aliphatic rings. The maximum absolute atomic E-state index is 13.6. The number of carbonyl (C=O) groups is 1. The minimum absolute atomic E-state index is 0.102. The molecule has 2 saturated heterocycles. The van der Waals surface area contributed by atoms with Gasteiger partial charge in [-0.1, -0.05) is 6.92 Å². The third kappa shape index (κ3) is 4.91. The predicted molar refractivity (Wildman–Crippen MR) is 94.5 cm³/mol. The van der Waals surface area contributed by atoms with Crippen LogP contribution in [0.25, 0.3) is 0 Å². The summed E-state index contributed by atoms with van der Waals surface area (Å²) in [7, 11) is 0. The second-order valence-electron chi connectivity index (χ2n) is 7.47. The van der Waals surface area contributed by atoms with Crippen molar-refractivity contribution < 1.29 is 13.6 Å². The molecule has 25 heavy (non-hydrogen) atoms. The number of rotatable bonds is 3. The monoisotopic (exact) mass is 351 g/mol. The first-order chi connectivity index (χ1) is 12.0. The third-order valence-corrected chi connectivity index (χ3v) is 5.46. The minimum Gasteiger partial charge on any atom is -0.325 e. The fourth-order valence-corrected chi connectivity index (χ4v) is 3.72. The molecule has 2 aliphatic heterocycles. The summed E-state index contributed by atoms with van der Waals surface area (Å²) in [5.74, 6) is 0.267. The molecule has 2 fully saturated rings.